The number of alkyl carbamates (subject to hydrolysis) is 1. The summed E-state index contributed by atoms with van der Waals surface area (Å²) < 4.78 is 5.00. The van der Waals surface area contributed by atoms with Gasteiger partial charge in [0.1, 0.15) is 5.60 Å². The molecule has 22 heavy (non-hydrogen) atoms. The van der Waals surface area contributed by atoms with Crippen molar-refractivity contribution in [2.24, 2.45) is 5.92 Å². The number of ether oxygens (including phenoxy) is 1. The van der Waals surface area contributed by atoms with Gasteiger partial charge in [-0.15, -0.1) is 0 Å². The predicted octanol–water partition coefficient (Wildman–Crippen LogP) is 0.956. The monoisotopic (exact) mass is 313 g/mol. The van der Waals surface area contributed by atoms with Gasteiger partial charge in [0.15, 0.2) is 0 Å². The fraction of sp³-hybridized carbons (Fsp3) is 0.667. The maximum atomic E-state index is 11.5. The van der Waals surface area contributed by atoms with E-state index in [0.717, 1.165) is 0 Å². The Bertz CT molecular complexity index is 412. The third kappa shape index (κ3) is 13.0. The van der Waals surface area contributed by atoms with Crippen LogP contribution < -0.4 is 16.0 Å². The summed E-state index contributed by atoms with van der Waals surface area (Å²) in [7, 11) is 0. The Hall–Kier alpha value is -2.05. The minimum Gasteiger partial charge on any atom is -0.444 e. The van der Waals surface area contributed by atoms with Gasteiger partial charge in [0, 0.05) is 13.1 Å². The molecular weight excluding hydrogens is 286 g/mol. The second kappa shape index (κ2) is 9.81. The van der Waals surface area contributed by atoms with Gasteiger partial charge in [0.05, 0.1) is 6.54 Å². The second-order valence-electron chi connectivity index (χ2n) is 6.10. The average Bonchev–Trinajstić information content (AvgIpc) is 2.37. The Morgan fingerprint density at radius 1 is 1.05 bits per heavy atom. The molecule has 0 rings (SSSR count). The zero-order valence-electron chi connectivity index (χ0n) is 14.0. The summed E-state index contributed by atoms with van der Waals surface area (Å²) in [6, 6.07) is 0. The molecule has 0 fully saturated rings. The lowest BCUT2D eigenvalue weighted by Crippen LogP contribution is -2.41. The molecule has 0 heterocycles. The highest BCUT2D eigenvalue weighted by Crippen LogP contribution is 2.05. The Kier molecular flexibility index (Phi) is 8.89. The van der Waals surface area contributed by atoms with Crippen LogP contribution in [0.1, 0.15) is 34.6 Å². The molecule has 0 bridgehead atoms. The maximum absolute atomic E-state index is 11.5. The highest BCUT2D eigenvalue weighted by molar-refractivity contribution is 5.87. The molecule has 126 valence electrons. The summed E-state index contributed by atoms with van der Waals surface area (Å²) in [5, 5.41) is 7.56. The highest BCUT2D eigenvalue weighted by atomic mass is 16.6. The molecule has 0 spiro atoms. The number of hydrogen-bond donors (Lipinski definition) is 3. The van der Waals surface area contributed by atoms with Gasteiger partial charge < -0.3 is 20.7 Å². The molecule has 0 aromatic heterocycles. The van der Waals surface area contributed by atoms with E-state index in [2.05, 4.69) is 16.0 Å². The number of nitrogens with one attached hydrogen (secondary N) is 3. The minimum absolute atomic E-state index is 0.171. The number of carbonyl (C=O) groups excluding carboxylic acids is 3. The van der Waals surface area contributed by atoms with E-state index >= 15 is 0 Å². The van der Waals surface area contributed by atoms with Crippen LogP contribution in [0.3, 0.4) is 0 Å². The zero-order chi connectivity index (χ0) is 17.2. The van der Waals surface area contributed by atoms with Crippen LogP contribution in [0.2, 0.25) is 0 Å². The summed E-state index contributed by atoms with van der Waals surface area (Å²) in [5.74, 6) is -0.239. The Morgan fingerprint density at radius 3 is 2.18 bits per heavy atom. The molecule has 3 N–H and O–H groups in total. The van der Waals surface area contributed by atoms with Gasteiger partial charge in [-0.1, -0.05) is 19.9 Å². The van der Waals surface area contributed by atoms with Crippen molar-refractivity contribution >= 4 is 17.9 Å². The lowest BCUT2D eigenvalue weighted by atomic mass is 10.2. The largest absolute Gasteiger partial charge is 0.444 e. The molecule has 0 radical (unpaired) electrons. The van der Waals surface area contributed by atoms with Crippen LogP contribution in [0.25, 0.3) is 0 Å². The van der Waals surface area contributed by atoms with Crippen molar-refractivity contribution < 1.29 is 19.1 Å². The molecule has 0 aromatic carbocycles. The quantitative estimate of drug-likeness (QED) is 0.482. The van der Waals surface area contributed by atoms with E-state index in [4.69, 9.17) is 4.74 Å². The molecule has 7 nitrogen and oxygen atoms in total. The average molecular weight is 313 g/mol. The van der Waals surface area contributed by atoms with Crippen molar-refractivity contribution in [3.8, 4) is 0 Å². The van der Waals surface area contributed by atoms with Crippen molar-refractivity contribution in [2.45, 2.75) is 40.2 Å². The Morgan fingerprint density at radius 2 is 1.64 bits per heavy atom. The standard InChI is InChI=1S/C15H27N3O4/c1-11(2)6-7-12(19)16-8-9-17-13(20)10-18-14(21)22-15(3,4)5/h6-7,11H,8-10H2,1-5H3,(H,16,19)(H,17,20)(H,18,21)/b7-6+. The topological polar surface area (TPSA) is 96.5 Å². The van der Waals surface area contributed by atoms with Gasteiger partial charge in [-0.25, -0.2) is 4.79 Å². The van der Waals surface area contributed by atoms with Crippen molar-refractivity contribution in [3.63, 3.8) is 0 Å². The van der Waals surface area contributed by atoms with Crippen LogP contribution in [-0.4, -0.2) is 43.1 Å². The van der Waals surface area contributed by atoms with E-state index in [1.807, 2.05) is 13.8 Å². The van der Waals surface area contributed by atoms with Crippen molar-refractivity contribution in [1.29, 1.82) is 0 Å². The van der Waals surface area contributed by atoms with Gasteiger partial charge in [-0.3, -0.25) is 9.59 Å². The summed E-state index contributed by atoms with van der Waals surface area (Å²) >= 11 is 0. The number of carbonyl (C=O) groups is 3. The van der Waals surface area contributed by atoms with Gasteiger partial charge in [0.2, 0.25) is 11.8 Å². The van der Waals surface area contributed by atoms with E-state index in [1.165, 1.54) is 6.08 Å². The van der Waals surface area contributed by atoms with Gasteiger partial charge in [0.25, 0.3) is 0 Å². The Balaban J connectivity index is 3.74. The van der Waals surface area contributed by atoms with Crippen molar-refractivity contribution in [3.05, 3.63) is 12.2 Å². The van der Waals surface area contributed by atoms with Crippen LogP contribution in [-0.2, 0) is 14.3 Å². The molecule has 0 atom stereocenters. The lowest BCUT2D eigenvalue weighted by Gasteiger charge is -2.19. The first kappa shape index (κ1) is 19.9. The number of amides is 3. The van der Waals surface area contributed by atoms with Gasteiger partial charge >= 0.3 is 6.09 Å². The van der Waals surface area contributed by atoms with E-state index in [9.17, 15) is 14.4 Å². The molecule has 0 aromatic rings. The smallest absolute Gasteiger partial charge is 0.408 e. The molecule has 0 unspecified atom stereocenters. The fourth-order valence-electron chi connectivity index (χ4n) is 1.26. The Labute approximate surface area is 131 Å². The molecule has 0 aliphatic heterocycles. The van der Waals surface area contributed by atoms with Gasteiger partial charge in [-0.2, -0.15) is 0 Å². The predicted molar refractivity (Wildman–Crippen MR) is 84.2 cm³/mol. The summed E-state index contributed by atoms with van der Waals surface area (Å²) in [6.45, 7) is 9.60. The molecule has 3 amide bonds. The van der Waals surface area contributed by atoms with Crippen LogP contribution in [0.5, 0.6) is 0 Å². The summed E-state index contributed by atoms with van der Waals surface area (Å²) in [6.07, 6.45) is 2.62. The van der Waals surface area contributed by atoms with E-state index in [-0.39, 0.29) is 24.9 Å². The molecule has 0 saturated carbocycles. The summed E-state index contributed by atoms with van der Waals surface area (Å²) in [4.78, 5) is 34.2. The zero-order valence-corrected chi connectivity index (χ0v) is 14.0. The van der Waals surface area contributed by atoms with Crippen molar-refractivity contribution in [2.75, 3.05) is 19.6 Å². The second-order valence-corrected chi connectivity index (χ2v) is 6.10. The third-order valence-corrected chi connectivity index (χ3v) is 2.17. The van der Waals surface area contributed by atoms with Crippen molar-refractivity contribution in [1.82, 2.24) is 16.0 Å². The molecule has 0 aliphatic rings. The van der Waals surface area contributed by atoms with E-state index < -0.39 is 11.7 Å². The van der Waals surface area contributed by atoms with Gasteiger partial charge in [-0.05, 0) is 32.8 Å². The summed E-state index contributed by atoms with van der Waals surface area (Å²) in [5.41, 5.74) is -0.603. The number of allylic oxidation sites excluding steroid dienone is 1. The van der Waals surface area contributed by atoms with Crippen LogP contribution in [0, 0.1) is 5.92 Å². The third-order valence-electron chi connectivity index (χ3n) is 2.17. The van der Waals surface area contributed by atoms with Crippen LogP contribution in [0.4, 0.5) is 4.79 Å². The first-order valence-corrected chi connectivity index (χ1v) is 7.29. The van der Waals surface area contributed by atoms with Crippen LogP contribution >= 0.6 is 0 Å². The molecule has 0 saturated heterocycles. The molecule has 7 heteroatoms. The number of hydrogen-bond acceptors (Lipinski definition) is 4. The first-order valence-electron chi connectivity index (χ1n) is 7.29. The maximum Gasteiger partial charge on any atom is 0.408 e. The van der Waals surface area contributed by atoms with E-state index in [1.54, 1.807) is 26.8 Å². The normalized spacial score (nSPS) is 11.4. The fourth-order valence-corrected chi connectivity index (χ4v) is 1.26. The number of rotatable bonds is 7. The van der Waals surface area contributed by atoms with E-state index in [0.29, 0.717) is 12.5 Å². The first-order chi connectivity index (χ1) is 10.1. The SMILES string of the molecule is CC(C)/C=C/C(=O)NCCNC(=O)CNC(=O)OC(C)(C)C. The van der Waals surface area contributed by atoms with Crippen LogP contribution in [0.15, 0.2) is 12.2 Å². The molecular formula is C15H27N3O4. The minimum atomic E-state index is -0.644. The lowest BCUT2D eigenvalue weighted by molar-refractivity contribution is -0.120. The highest BCUT2D eigenvalue weighted by Gasteiger charge is 2.16. The molecule has 0 aliphatic carbocycles.